The van der Waals surface area contributed by atoms with Crippen LogP contribution in [0.15, 0.2) is 0 Å². The van der Waals surface area contributed by atoms with Crippen LogP contribution in [-0.2, 0) is 14.3 Å². The Hall–Kier alpha value is -1.10. The van der Waals surface area contributed by atoms with Gasteiger partial charge in [0.25, 0.3) is 0 Å². The highest BCUT2D eigenvalue weighted by molar-refractivity contribution is 5.84. The summed E-state index contributed by atoms with van der Waals surface area (Å²) in [5.41, 5.74) is -0.0577. The molecule has 2 atom stereocenters. The topological polar surface area (TPSA) is 75.6 Å². The molecule has 0 aliphatic heterocycles. The molecule has 106 valence electrons. The largest absolute Gasteiger partial charge is 0.481 e. The van der Waals surface area contributed by atoms with Gasteiger partial charge in [-0.3, -0.25) is 9.59 Å². The summed E-state index contributed by atoms with van der Waals surface area (Å²) in [6.45, 7) is 8.42. The third kappa shape index (κ3) is 6.00. The van der Waals surface area contributed by atoms with E-state index in [9.17, 15) is 9.59 Å². The van der Waals surface area contributed by atoms with E-state index < -0.39 is 17.8 Å². The molecule has 0 bridgehead atoms. The number of carboxylic acids is 1. The predicted molar refractivity (Wildman–Crippen MR) is 69.2 cm³/mol. The summed E-state index contributed by atoms with van der Waals surface area (Å²) in [5, 5.41) is 11.7. The lowest BCUT2D eigenvalue weighted by molar-refractivity contribution is -0.146. The zero-order valence-corrected chi connectivity index (χ0v) is 11.9. The summed E-state index contributed by atoms with van der Waals surface area (Å²) in [6, 6.07) is 0. The van der Waals surface area contributed by atoms with Crippen molar-refractivity contribution < 1.29 is 19.4 Å². The fraction of sp³-hybridized carbons (Fsp3) is 0.846. The van der Waals surface area contributed by atoms with Gasteiger partial charge >= 0.3 is 5.97 Å². The van der Waals surface area contributed by atoms with E-state index in [-0.39, 0.29) is 11.3 Å². The fourth-order valence-corrected chi connectivity index (χ4v) is 1.40. The molecule has 2 N–H and O–H groups in total. The maximum absolute atomic E-state index is 11.8. The lowest BCUT2D eigenvalue weighted by atomic mass is 9.89. The molecule has 0 aromatic rings. The van der Waals surface area contributed by atoms with Gasteiger partial charge in [-0.1, -0.05) is 27.7 Å². The van der Waals surface area contributed by atoms with Gasteiger partial charge in [0.2, 0.25) is 5.91 Å². The van der Waals surface area contributed by atoms with Gasteiger partial charge in [0.05, 0.1) is 5.92 Å². The highest BCUT2D eigenvalue weighted by atomic mass is 16.5. The van der Waals surface area contributed by atoms with E-state index >= 15 is 0 Å². The van der Waals surface area contributed by atoms with Gasteiger partial charge in [-0.2, -0.15) is 0 Å². The van der Waals surface area contributed by atoms with Gasteiger partial charge < -0.3 is 15.2 Å². The normalized spacial score (nSPS) is 14.9. The van der Waals surface area contributed by atoms with Crippen LogP contribution in [0.25, 0.3) is 0 Å². The summed E-state index contributed by atoms with van der Waals surface area (Å²) in [7, 11) is 1.64. The Labute approximate surface area is 109 Å². The van der Waals surface area contributed by atoms with E-state index in [0.717, 1.165) is 6.42 Å². The highest BCUT2D eigenvalue weighted by Gasteiger charge is 2.27. The zero-order valence-electron chi connectivity index (χ0n) is 11.9. The molecule has 0 aliphatic rings. The quantitative estimate of drug-likeness (QED) is 0.693. The maximum Gasteiger partial charge on any atom is 0.307 e. The van der Waals surface area contributed by atoms with Crippen molar-refractivity contribution in [1.29, 1.82) is 0 Å². The van der Waals surface area contributed by atoms with Gasteiger partial charge in [0, 0.05) is 26.2 Å². The third-order valence-corrected chi connectivity index (χ3v) is 3.28. The van der Waals surface area contributed by atoms with Crippen molar-refractivity contribution in [1.82, 2.24) is 5.32 Å². The Morgan fingerprint density at radius 2 is 1.83 bits per heavy atom. The zero-order chi connectivity index (χ0) is 14.3. The number of carbonyl (C=O) groups excluding carboxylic acids is 1. The molecule has 0 radical (unpaired) electrons. The lowest BCUT2D eigenvalue weighted by Crippen LogP contribution is -2.40. The van der Waals surface area contributed by atoms with E-state index in [0.29, 0.717) is 13.2 Å². The standard InChI is InChI=1S/C13H25NO4/c1-9(10(2)12(16)17)11(15)14-8-13(3,4)6-7-18-5/h9-10H,6-8H2,1-5H3,(H,14,15)(H,16,17). The Morgan fingerprint density at radius 1 is 1.28 bits per heavy atom. The van der Waals surface area contributed by atoms with Gasteiger partial charge in [-0.25, -0.2) is 0 Å². The first-order valence-electron chi connectivity index (χ1n) is 6.20. The Kier molecular flexibility index (Phi) is 6.91. The van der Waals surface area contributed by atoms with E-state index in [1.165, 1.54) is 0 Å². The molecule has 0 spiro atoms. The molecular formula is C13H25NO4. The SMILES string of the molecule is COCCC(C)(C)CNC(=O)C(C)C(C)C(=O)O. The first kappa shape index (κ1) is 16.9. The van der Waals surface area contributed by atoms with Crippen molar-refractivity contribution in [3.8, 4) is 0 Å². The highest BCUT2D eigenvalue weighted by Crippen LogP contribution is 2.19. The first-order valence-corrected chi connectivity index (χ1v) is 6.20. The molecule has 0 aliphatic carbocycles. The molecule has 1 amide bonds. The van der Waals surface area contributed by atoms with Crippen LogP contribution >= 0.6 is 0 Å². The van der Waals surface area contributed by atoms with Crippen molar-refractivity contribution >= 4 is 11.9 Å². The molecule has 0 saturated heterocycles. The van der Waals surface area contributed by atoms with Crippen molar-refractivity contribution in [2.75, 3.05) is 20.3 Å². The summed E-state index contributed by atoms with van der Waals surface area (Å²) in [5.74, 6) is -2.36. The second kappa shape index (κ2) is 7.36. The summed E-state index contributed by atoms with van der Waals surface area (Å²) >= 11 is 0. The van der Waals surface area contributed by atoms with Crippen LogP contribution in [0.3, 0.4) is 0 Å². The number of aliphatic carboxylic acids is 1. The number of hydrogen-bond acceptors (Lipinski definition) is 3. The number of amides is 1. The van der Waals surface area contributed by atoms with Crippen LogP contribution in [0.5, 0.6) is 0 Å². The average molecular weight is 259 g/mol. The molecule has 0 aromatic carbocycles. The number of methoxy groups -OCH3 is 1. The lowest BCUT2D eigenvalue weighted by Gasteiger charge is -2.26. The van der Waals surface area contributed by atoms with Gasteiger partial charge in [0.15, 0.2) is 0 Å². The maximum atomic E-state index is 11.8. The van der Waals surface area contributed by atoms with Gasteiger partial charge in [-0.05, 0) is 11.8 Å². The molecule has 0 aromatic heterocycles. The number of rotatable bonds is 8. The molecule has 5 nitrogen and oxygen atoms in total. The molecule has 0 saturated carbocycles. The van der Waals surface area contributed by atoms with Crippen molar-refractivity contribution in [3.05, 3.63) is 0 Å². The monoisotopic (exact) mass is 259 g/mol. The van der Waals surface area contributed by atoms with Crippen LogP contribution in [-0.4, -0.2) is 37.2 Å². The molecule has 0 fully saturated rings. The molecule has 5 heteroatoms. The van der Waals surface area contributed by atoms with Crippen molar-refractivity contribution in [2.24, 2.45) is 17.3 Å². The van der Waals surface area contributed by atoms with E-state index in [4.69, 9.17) is 9.84 Å². The van der Waals surface area contributed by atoms with Gasteiger partial charge in [0.1, 0.15) is 0 Å². The van der Waals surface area contributed by atoms with Crippen LogP contribution in [0.1, 0.15) is 34.1 Å². The third-order valence-electron chi connectivity index (χ3n) is 3.28. The van der Waals surface area contributed by atoms with Crippen molar-refractivity contribution in [3.63, 3.8) is 0 Å². The van der Waals surface area contributed by atoms with Crippen LogP contribution < -0.4 is 5.32 Å². The summed E-state index contributed by atoms with van der Waals surface area (Å²) in [4.78, 5) is 22.6. The number of nitrogens with one attached hydrogen (secondary N) is 1. The minimum absolute atomic E-state index is 0.0577. The summed E-state index contributed by atoms with van der Waals surface area (Å²) in [6.07, 6.45) is 0.840. The molecule has 2 unspecified atom stereocenters. The molecule has 0 heterocycles. The van der Waals surface area contributed by atoms with Crippen LogP contribution in [0.4, 0.5) is 0 Å². The van der Waals surface area contributed by atoms with Crippen LogP contribution in [0.2, 0.25) is 0 Å². The minimum atomic E-state index is -0.948. The second-order valence-electron chi connectivity index (χ2n) is 5.54. The van der Waals surface area contributed by atoms with Crippen molar-refractivity contribution in [2.45, 2.75) is 34.1 Å². The van der Waals surface area contributed by atoms with E-state index in [1.54, 1.807) is 21.0 Å². The van der Waals surface area contributed by atoms with Crippen LogP contribution in [0, 0.1) is 17.3 Å². The van der Waals surface area contributed by atoms with Gasteiger partial charge in [-0.15, -0.1) is 0 Å². The number of ether oxygens (including phenoxy) is 1. The molecule has 0 rings (SSSR count). The molecular weight excluding hydrogens is 234 g/mol. The number of carboxylic acid groups (broad SMARTS) is 1. The molecule has 18 heavy (non-hydrogen) atoms. The smallest absolute Gasteiger partial charge is 0.307 e. The predicted octanol–water partition coefficient (Wildman–Crippen LogP) is 1.52. The summed E-state index contributed by atoms with van der Waals surface area (Å²) < 4.78 is 5.01. The Balaban J connectivity index is 4.20. The first-order chi connectivity index (χ1) is 8.21. The number of hydrogen-bond donors (Lipinski definition) is 2. The fourth-order valence-electron chi connectivity index (χ4n) is 1.40. The van der Waals surface area contributed by atoms with E-state index in [1.807, 2.05) is 13.8 Å². The average Bonchev–Trinajstić information content (AvgIpc) is 2.31. The minimum Gasteiger partial charge on any atom is -0.481 e. The second-order valence-corrected chi connectivity index (χ2v) is 5.54. The Bertz CT molecular complexity index is 289. The van der Waals surface area contributed by atoms with E-state index in [2.05, 4.69) is 5.32 Å². The Morgan fingerprint density at radius 3 is 2.28 bits per heavy atom. The number of carbonyl (C=O) groups is 2.